The summed E-state index contributed by atoms with van der Waals surface area (Å²) in [5.41, 5.74) is 1.77. The van der Waals surface area contributed by atoms with Gasteiger partial charge in [0.25, 0.3) is 0 Å². The van der Waals surface area contributed by atoms with Gasteiger partial charge in [-0.1, -0.05) is 12.1 Å². The van der Waals surface area contributed by atoms with Crippen molar-refractivity contribution in [2.45, 2.75) is 32.1 Å². The first kappa shape index (κ1) is 18.3. The Kier molecular flexibility index (Phi) is 3.92. The smallest absolute Gasteiger partial charge is 0.416 e. The quantitative estimate of drug-likeness (QED) is 0.650. The number of anilines is 1. The number of ether oxygens (including phenoxy) is 1. The molecule has 1 aromatic heterocycles. The zero-order valence-corrected chi connectivity index (χ0v) is 15.5. The zero-order valence-electron chi connectivity index (χ0n) is 15.5. The molecule has 8 heteroatoms. The Morgan fingerprint density at radius 1 is 1.25 bits per heavy atom. The van der Waals surface area contributed by atoms with Crippen LogP contribution in [0.2, 0.25) is 0 Å². The van der Waals surface area contributed by atoms with Crippen molar-refractivity contribution >= 4 is 23.0 Å². The fourth-order valence-electron chi connectivity index (χ4n) is 3.77. The number of hydrogen-bond acceptors (Lipinski definition) is 4. The van der Waals surface area contributed by atoms with E-state index < -0.39 is 23.2 Å². The number of H-pyrrole nitrogens is 1. The number of hydrogen-bond donors (Lipinski definition) is 1. The molecule has 1 aliphatic heterocycles. The molecule has 1 aliphatic rings. The number of carbonyl (C=O) groups is 1. The van der Waals surface area contributed by atoms with Crippen LogP contribution in [0.3, 0.4) is 0 Å². The normalized spacial score (nSPS) is 15.7. The van der Waals surface area contributed by atoms with E-state index >= 15 is 0 Å². The lowest BCUT2D eigenvalue weighted by atomic mass is 9.92. The van der Waals surface area contributed by atoms with Gasteiger partial charge in [0, 0.05) is 6.54 Å². The molecule has 2 heterocycles. The lowest BCUT2D eigenvalue weighted by Gasteiger charge is -2.32. The zero-order chi connectivity index (χ0) is 20.3. The summed E-state index contributed by atoms with van der Waals surface area (Å²) in [6.45, 7) is 4.35. The second kappa shape index (κ2) is 5.98. The van der Waals surface area contributed by atoms with Crippen LogP contribution in [0.1, 0.15) is 40.9 Å². The summed E-state index contributed by atoms with van der Waals surface area (Å²) >= 11 is 0. The minimum atomic E-state index is -4.42. The number of esters is 1. The lowest BCUT2D eigenvalue weighted by molar-refractivity contribution is -0.137. The fraction of sp³-hybridized carbons (Fsp3) is 0.300. The molecule has 1 N–H and O–H groups in total. The van der Waals surface area contributed by atoms with Crippen LogP contribution < -0.4 is 4.90 Å². The second-order valence-electron chi connectivity index (χ2n) is 7.26. The summed E-state index contributed by atoms with van der Waals surface area (Å²) in [5, 5.41) is 0. The van der Waals surface area contributed by atoms with Gasteiger partial charge in [-0.05, 0) is 49.2 Å². The first-order chi connectivity index (χ1) is 13.1. The number of rotatable bonds is 2. The van der Waals surface area contributed by atoms with E-state index in [0.717, 1.165) is 23.3 Å². The van der Waals surface area contributed by atoms with Crippen LogP contribution >= 0.6 is 0 Å². The fourth-order valence-corrected chi connectivity index (χ4v) is 3.77. The number of halogens is 3. The molecule has 0 atom stereocenters. The molecule has 5 nitrogen and oxygen atoms in total. The molecule has 146 valence electrons. The second-order valence-corrected chi connectivity index (χ2v) is 7.26. The van der Waals surface area contributed by atoms with Crippen LogP contribution in [-0.2, 0) is 23.0 Å². The van der Waals surface area contributed by atoms with Crippen LogP contribution in [0.25, 0.3) is 11.0 Å². The van der Waals surface area contributed by atoms with Crippen LogP contribution in [0.4, 0.5) is 19.1 Å². The van der Waals surface area contributed by atoms with E-state index in [1.54, 1.807) is 12.1 Å². The number of imidazole rings is 1. The Bertz CT molecular complexity index is 1090. The molecule has 3 aromatic rings. The molecular formula is C20H18F3N3O2. The predicted molar refractivity (Wildman–Crippen MR) is 98.1 cm³/mol. The number of methoxy groups -OCH3 is 1. The monoisotopic (exact) mass is 389 g/mol. The number of nitrogens with zero attached hydrogens (tertiary/aromatic N) is 2. The van der Waals surface area contributed by atoms with Gasteiger partial charge in [-0.2, -0.15) is 13.2 Å². The molecule has 0 amide bonds. The molecule has 2 aromatic carbocycles. The summed E-state index contributed by atoms with van der Waals surface area (Å²) in [4.78, 5) is 21.6. The maximum Gasteiger partial charge on any atom is 0.416 e. The Balaban J connectivity index is 1.79. The van der Waals surface area contributed by atoms with Gasteiger partial charge in [0.1, 0.15) is 0 Å². The molecule has 0 saturated carbocycles. The highest BCUT2D eigenvalue weighted by Crippen LogP contribution is 2.43. The van der Waals surface area contributed by atoms with Crippen LogP contribution in [0.5, 0.6) is 0 Å². The third-order valence-corrected chi connectivity index (χ3v) is 5.28. The Morgan fingerprint density at radius 2 is 2.00 bits per heavy atom. The molecule has 4 rings (SSSR count). The van der Waals surface area contributed by atoms with Gasteiger partial charge in [-0.15, -0.1) is 0 Å². The van der Waals surface area contributed by atoms with Crippen molar-refractivity contribution in [1.82, 2.24) is 9.97 Å². The summed E-state index contributed by atoms with van der Waals surface area (Å²) in [7, 11) is 1.33. The van der Waals surface area contributed by atoms with Gasteiger partial charge in [0.05, 0.1) is 34.8 Å². The van der Waals surface area contributed by atoms with Gasteiger partial charge in [-0.3, -0.25) is 0 Å². The SMILES string of the molecule is COC(=O)c1cccc2c1CN(c1nc3ccc(C(F)(F)F)cc3[nH]1)C2(C)C. The van der Waals surface area contributed by atoms with Crippen molar-refractivity contribution in [2.24, 2.45) is 0 Å². The number of aromatic nitrogens is 2. The minimum Gasteiger partial charge on any atom is -0.465 e. The van der Waals surface area contributed by atoms with Crippen LogP contribution in [-0.4, -0.2) is 23.0 Å². The van der Waals surface area contributed by atoms with E-state index in [1.807, 2.05) is 24.8 Å². The van der Waals surface area contributed by atoms with Gasteiger partial charge >= 0.3 is 12.1 Å². The number of nitrogens with one attached hydrogen (secondary N) is 1. The summed E-state index contributed by atoms with van der Waals surface area (Å²) < 4.78 is 43.8. The van der Waals surface area contributed by atoms with Crippen molar-refractivity contribution in [1.29, 1.82) is 0 Å². The van der Waals surface area contributed by atoms with Crippen molar-refractivity contribution < 1.29 is 22.7 Å². The Labute approximate surface area is 159 Å². The summed E-state index contributed by atoms with van der Waals surface area (Å²) in [6, 6.07) is 8.87. The molecule has 0 saturated heterocycles. The number of alkyl halides is 3. The molecule has 28 heavy (non-hydrogen) atoms. The third-order valence-electron chi connectivity index (χ3n) is 5.28. The predicted octanol–water partition coefficient (Wildman–Crippen LogP) is 4.62. The lowest BCUT2D eigenvalue weighted by Crippen LogP contribution is -2.36. The summed E-state index contributed by atoms with van der Waals surface area (Å²) in [6.07, 6.45) is -4.42. The molecule has 0 fully saturated rings. The maximum atomic E-state index is 13.0. The average Bonchev–Trinajstić information content (AvgIpc) is 3.17. The van der Waals surface area contributed by atoms with Gasteiger partial charge in [0.15, 0.2) is 0 Å². The van der Waals surface area contributed by atoms with Crippen LogP contribution in [0, 0.1) is 0 Å². The molecule has 0 bridgehead atoms. The standard InChI is InChI=1S/C20H18F3N3O2/c1-19(2)14-6-4-5-12(17(27)28-3)13(14)10-26(19)18-24-15-8-7-11(20(21,22)23)9-16(15)25-18/h4-9H,10H2,1-3H3,(H,24,25). The van der Waals surface area contributed by atoms with Crippen molar-refractivity contribution in [2.75, 3.05) is 12.0 Å². The Hall–Kier alpha value is -3.03. The number of aromatic amines is 1. The minimum absolute atomic E-state index is 0.310. The van der Waals surface area contributed by atoms with E-state index in [4.69, 9.17) is 4.74 Å². The van der Waals surface area contributed by atoms with E-state index in [1.165, 1.54) is 13.2 Å². The highest BCUT2D eigenvalue weighted by molar-refractivity contribution is 5.92. The highest BCUT2D eigenvalue weighted by atomic mass is 19.4. The van der Waals surface area contributed by atoms with Crippen molar-refractivity contribution in [3.63, 3.8) is 0 Å². The van der Waals surface area contributed by atoms with Crippen molar-refractivity contribution in [3.05, 3.63) is 58.7 Å². The molecular weight excluding hydrogens is 371 g/mol. The van der Waals surface area contributed by atoms with Gasteiger partial charge in [0.2, 0.25) is 5.95 Å². The number of benzene rings is 2. The largest absolute Gasteiger partial charge is 0.465 e. The number of fused-ring (bicyclic) bond motifs is 2. The molecule has 0 spiro atoms. The molecule has 0 radical (unpaired) electrons. The van der Waals surface area contributed by atoms with Crippen molar-refractivity contribution in [3.8, 4) is 0 Å². The third kappa shape index (κ3) is 2.71. The number of carbonyl (C=O) groups excluding carboxylic acids is 1. The van der Waals surface area contributed by atoms with E-state index in [2.05, 4.69) is 9.97 Å². The van der Waals surface area contributed by atoms with Crippen LogP contribution in [0.15, 0.2) is 36.4 Å². The highest BCUT2D eigenvalue weighted by Gasteiger charge is 2.41. The first-order valence-electron chi connectivity index (χ1n) is 8.68. The maximum absolute atomic E-state index is 13.0. The van der Waals surface area contributed by atoms with Gasteiger partial charge in [-0.25, -0.2) is 9.78 Å². The van der Waals surface area contributed by atoms with E-state index in [-0.39, 0.29) is 0 Å². The topological polar surface area (TPSA) is 58.2 Å². The average molecular weight is 389 g/mol. The summed E-state index contributed by atoms with van der Waals surface area (Å²) in [5.74, 6) is 0.0280. The Morgan fingerprint density at radius 3 is 2.68 bits per heavy atom. The van der Waals surface area contributed by atoms with E-state index in [9.17, 15) is 18.0 Å². The first-order valence-corrected chi connectivity index (χ1v) is 8.68. The van der Waals surface area contributed by atoms with Gasteiger partial charge < -0.3 is 14.6 Å². The van der Waals surface area contributed by atoms with E-state index in [0.29, 0.717) is 29.1 Å². The molecule has 0 aliphatic carbocycles. The molecule has 0 unspecified atom stereocenters.